The van der Waals surface area contributed by atoms with Crippen LogP contribution in [0.15, 0.2) is 23.1 Å². The van der Waals surface area contributed by atoms with Gasteiger partial charge in [-0.1, -0.05) is 0 Å². The molecule has 0 heterocycles. The highest BCUT2D eigenvalue weighted by Gasteiger charge is 2.32. The lowest BCUT2D eigenvalue weighted by Crippen LogP contribution is -2.18. The normalized spacial score (nSPS) is 12.2. The van der Waals surface area contributed by atoms with Crippen molar-refractivity contribution in [2.75, 3.05) is 0 Å². The standard InChI is InChI=1S/C8H4ClF3O4S/c9-17(14,15)6-2-1-5(4-13)7(3-6)16-8(10,11)12/h1-4H. The molecule has 0 unspecified atom stereocenters. The molecule has 0 atom stereocenters. The fourth-order valence-electron chi connectivity index (χ4n) is 0.977. The van der Waals surface area contributed by atoms with Crippen molar-refractivity contribution in [3.05, 3.63) is 23.8 Å². The first-order valence-corrected chi connectivity index (χ1v) is 6.24. The molecule has 1 rings (SSSR count). The quantitative estimate of drug-likeness (QED) is 0.632. The Bertz CT molecular complexity index is 538. The van der Waals surface area contributed by atoms with E-state index in [9.17, 15) is 26.4 Å². The highest BCUT2D eigenvalue weighted by atomic mass is 35.7. The first kappa shape index (κ1) is 13.8. The maximum Gasteiger partial charge on any atom is 0.573 e. The number of benzene rings is 1. The number of carbonyl (C=O) groups is 1. The highest BCUT2D eigenvalue weighted by molar-refractivity contribution is 8.13. The van der Waals surface area contributed by atoms with Crippen LogP contribution in [-0.2, 0) is 9.05 Å². The third-order valence-corrected chi connectivity index (χ3v) is 2.97. The van der Waals surface area contributed by atoms with Crippen LogP contribution in [0.1, 0.15) is 10.4 Å². The molecule has 0 aliphatic heterocycles. The van der Waals surface area contributed by atoms with Crippen molar-refractivity contribution in [3.63, 3.8) is 0 Å². The third kappa shape index (κ3) is 3.90. The Labute approximate surface area is 98.4 Å². The van der Waals surface area contributed by atoms with Crippen molar-refractivity contribution in [3.8, 4) is 5.75 Å². The van der Waals surface area contributed by atoms with Crippen LogP contribution in [0.4, 0.5) is 13.2 Å². The van der Waals surface area contributed by atoms with Gasteiger partial charge in [-0.15, -0.1) is 13.2 Å². The molecule has 4 nitrogen and oxygen atoms in total. The van der Waals surface area contributed by atoms with Gasteiger partial charge in [0.2, 0.25) is 0 Å². The van der Waals surface area contributed by atoms with Crippen LogP contribution >= 0.6 is 10.7 Å². The van der Waals surface area contributed by atoms with Gasteiger partial charge in [0.1, 0.15) is 5.75 Å². The topological polar surface area (TPSA) is 60.4 Å². The van der Waals surface area contributed by atoms with E-state index in [0.717, 1.165) is 12.1 Å². The van der Waals surface area contributed by atoms with Gasteiger partial charge in [0.15, 0.2) is 6.29 Å². The number of rotatable bonds is 3. The SMILES string of the molecule is O=Cc1ccc(S(=O)(=O)Cl)cc1OC(F)(F)F. The van der Waals surface area contributed by atoms with E-state index in [4.69, 9.17) is 10.7 Å². The van der Waals surface area contributed by atoms with Crippen LogP contribution in [0, 0.1) is 0 Å². The molecule has 9 heteroatoms. The zero-order valence-corrected chi connectivity index (χ0v) is 9.43. The van der Waals surface area contributed by atoms with Gasteiger partial charge >= 0.3 is 6.36 Å². The lowest BCUT2D eigenvalue weighted by Gasteiger charge is -2.11. The Hall–Kier alpha value is -1.28. The lowest BCUT2D eigenvalue weighted by molar-refractivity contribution is -0.274. The van der Waals surface area contributed by atoms with Gasteiger partial charge in [-0.25, -0.2) is 8.42 Å². The monoisotopic (exact) mass is 288 g/mol. The summed E-state index contributed by atoms with van der Waals surface area (Å²) < 4.78 is 61.2. The maximum absolute atomic E-state index is 12.0. The minimum Gasteiger partial charge on any atom is -0.405 e. The average Bonchev–Trinajstić information content (AvgIpc) is 2.13. The van der Waals surface area contributed by atoms with Gasteiger partial charge in [-0.05, 0) is 12.1 Å². The fourth-order valence-corrected chi connectivity index (χ4v) is 1.74. The maximum atomic E-state index is 12.0. The molecule has 1 aromatic carbocycles. The van der Waals surface area contributed by atoms with Crippen molar-refractivity contribution in [1.29, 1.82) is 0 Å². The molecule has 0 bridgehead atoms. The number of hydrogen-bond donors (Lipinski definition) is 0. The van der Waals surface area contributed by atoms with E-state index in [1.54, 1.807) is 0 Å². The summed E-state index contributed by atoms with van der Waals surface area (Å²) in [6.45, 7) is 0. The summed E-state index contributed by atoms with van der Waals surface area (Å²) in [5, 5.41) is 0. The van der Waals surface area contributed by atoms with E-state index in [2.05, 4.69) is 4.74 Å². The predicted molar refractivity (Wildman–Crippen MR) is 51.6 cm³/mol. The zero-order chi connectivity index (χ0) is 13.3. The smallest absolute Gasteiger partial charge is 0.405 e. The van der Waals surface area contributed by atoms with Crippen molar-refractivity contribution in [2.45, 2.75) is 11.3 Å². The van der Waals surface area contributed by atoms with Crippen molar-refractivity contribution in [2.24, 2.45) is 0 Å². The van der Waals surface area contributed by atoms with Gasteiger partial charge in [0, 0.05) is 16.7 Å². The summed E-state index contributed by atoms with van der Waals surface area (Å²) in [6, 6.07) is 2.29. The molecule has 0 radical (unpaired) electrons. The minimum absolute atomic E-state index is 0.103. The summed E-state index contributed by atoms with van der Waals surface area (Å²) in [5.74, 6) is -0.922. The molecule has 0 aromatic heterocycles. The molecule has 0 aliphatic carbocycles. The predicted octanol–water partition coefficient (Wildman–Crippen LogP) is 2.33. The molecular weight excluding hydrogens is 285 g/mol. The summed E-state index contributed by atoms with van der Waals surface area (Å²) in [7, 11) is 0.747. The largest absolute Gasteiger partial charge is 0.573 e. The minimum atomic E-state index is -5.04. The second-order valence-electron chi connectivity index (χ2n) is 2.80. The Morgan fingerprint density at radius 3 is 2.29 bits per heavy atom. The van der Waals surface area contributed by atoms with E-state index in [1.807, 2.05) is 0 Å². The highest BCUT2D eigenvalue weighted by Crippen LogP contribution is 2.29. The van der Waals surface area contributed by atoms with Gasteiger partial charge in [-0.2, -0.15) is 0 Å². The first-order chi connectivity index (χ1) is 7.63. The third-order valence-electron chi connectivity index (χ3n) is 1.62. The van der Waals surface area contributed by atoms with E-state index < -0.39 is 31.6 Å². The van der Waals surface area contributed by atoms with Crippen LogP contribution < -0.4 is 4.74 Å². The molecule has 17 heavy (non-hydrogen) atoms. The molecule has 0 aliphatic rings. The van der Waals surface area contributed by atoms with Crippen LogP contribution in [-0.4, -0.2) is 21.1 Å². The first-order valence-electron chi connectivity index (χ1n) is 3.93. The van der Waals surface area contributed by atoms with Gasteiger partial charge in [0.25, 0.3) is 9.05 Å². The lowest BCUT2D eigenvalue weighted by atomic mass is 10.2. The van der Waals surface area contributed by atoms with Crippen LogP contribution in [0.3, 0.4) is 0 Å². The van der Waals surface area contributed by atoms with Crippen molar-refractivity contribution >= 4 is 26.0 Å². The Morgan fingerprint density at radius 1 is 1.29 bits per heavy atom. The molecule has 0 saturated carbocycles. The average molecular weight is 289 g/mol. The van der Waals surface area contributed by atoms with Gasteiger partial charge in [-0.3, -0.25) is 4.79 Å². The van der Waals surface area contributed by atoms with E-state index in [-0.39, 0.29) is 6.29 Å². The van der Waals surface area contributed by atoms with Gasteiger partial charge in [0.05, 0.1) is 10.5 Å². The Kier molecular flexibility index (Phi) is 3.68. The second-order valence-corrected chi connectivity index (χ2v) is 5.37. The van der Waals surface area contributed by atoms with E-state index in [1.165, 1.54) is 0 Å². The Balaban J connectivity index is 3.30. The summed E-state index contributed by atoms with van der Waals surface area (Å²) in [6.07, 6.45) is -4.93. The Morgan fingerprint density at radius 2 is 1.88 bits per heavy atom. The van der Waals surface area contributed by atoms with Crippen LogP contribution in [0.2, 0.25) is 0 Å². The number of ether oxygens (including phenoxy) is 1. The van der Waals surface area contributed by atoms with E-state index in [0.29, 0.717) is 6.07 Å². The molecule has 0 spiro atoms. The number of aldehydes is 1. The zero-order valence-electron chi connectivity index (χ0n) is 7.86. The van der Waals surface area contributed by atoms with Gasteiger partial charge < -0.3 is 4.74 Å². The summed E-state index contributed by atoms with van der Waals surface area (Å²) >= 11 is 0. The van der Waals surface area contributed by atoms with Crippen LogP contribution in [0.25, 0.3) is 0 Å². The molecule has 1 aromatic rings. The molecule has 0 amide bonds. The fraction of sp³-hybridized carbons (Fsp3) is 0.125. The molecule has 0 N–H and O–H groups in total. The molecule has 0 saturated heterocycles. The molecule has 0 fully saturated rings. The summed E-state index contributed by atoms with van der Waals surface area (Å²) in [5.41, 5.74) is -0.439. The molecule has 94 valence electrons. The number of halogens is 4. The number of alkyl halides is 3. The van der Waals surface area contributed by atoms with Crippen molar-refractivity contribution < 1.29 is 31.1 Å². The van der Waals surface area contributed by atoms with E-state index >= 15 is 0 Å². The molecular formula is C8H4ClF3O4S. The summed E-state index contributed by atoms with van der Waals surface area (Å²) in [4.78, 5) is 9.85. The second kappa shape index (κ2) is 4.53. The van der Waals surface area contributed by atoms with Crippen molar-refractivity contribution in [1.82, 2.24) is 0 Å². The van der Waals surface area contributed by atoms with Crippen LogP contribution in [0.5, 0.6) is 5.75 Å². The number of hydrogen-bond acceptors (Lipinski definition) is 4. The number of carbonyl (C=O) groups excluding carboxylic acids is 1.